The molecule has 1 aliphatic rings. The molecule has 0 aliphatic carbocycles. The van der Waals surface area contributed by atoms with Gasteiger partial charge in [0.2, 0.25) is 6.29 Å². The lowest BCUT2D eigenvalue weighted by atomic mass is 10.00. The molecular formula is C22H24F2O7S. The molecule has 32 heavy (non-hydrogen) atoms. The van der Waals surface area contributed by atoms with Crippen molar-refractivity contribution in [2.24, 2.45) is 0 Å². The van der Waals surface area contributed by atoms with E-state index >= 15 is 0 Å². The Labute approximate surface area is 185 Å². The van der Waals surface area contributed by atoms with Crippen molar-refractivity contribution in [3.63, 3.8) is 0 Å². The Balaban J connectivity index is 1.80. The van der Waals surface area contributed by atoms with Crippen LogP contribution in [-0.2, 0) is 23.8 Å². The summed E-state index contributed by atoms with van der Waals surface area (Å²) in [7, 11) is -4.29. The van der Waals surface area contributed by atoms with Crippen LogP contribution in [0.3, 0.4) is 0 Å². The van der Waals surface area contributed by atoms with Gasteiger partial charge in [-0.05, 0) is 51.0 Å². The molecule has 1 saturated heterocycles. The molecule has 0 aromatic heterocycles. The van der Waals surface area contributed by atoms with Crippen LogP contribution in [0, 0.1) is 27.7 Å². The zero-order valence-electron chi connectivity index (χ0n) is 18.0. The van der Waals surface area contributed by atoms with Crippen LogP contribution in [0.15, 0.2) is 41.3 Å². The van der Waals surface area contributed by atoms with Gasteiger partial charge in [0.05, 0.1) is 17.1 Å². The highest BCUT2D eigenvalue weighted by atomic mass is 32.2. The van der Waals surface area contributed by atoms with Crippen molar-refractivity contribution < 1.29 is 40.8 Å². The van der Waals surface area contributed by atoms with Gasteiger partial charge >= 0.3 is 11.9 Å². The first-order valence-corrected chi connectivity index (χ1v) is 11.2. The molecule has 3 rings (SSSR count). The van der Waals surface area contributed by atoms with Gasteiger partial charge in [-0.1, -0.05) is 35.4 Å². The van der Waals surface area contributed by atoms with Gasteiger partial charge in [-0.15, -0.1) is 0 Å². The first-order chi connectivity index (χ1) is 14.8. The Morgan fingerprint density at radius 3 is 2.19 bits per heavy atom. The fourth-order valence-corrected chi connectivity index (χ4v) is 4.52. The van der Waals surface area contributed by atoms with Crippen LogP contribution >= 0.6 is 0 Å². The van der Waals surface area contributed by atoms with E-state index in [-0.39, 0.29) is 10.5 Å². The van der Waals surface area contributed by atoms with E-state index in [9.17, 15) is 27.1 Å². The summed E-state index contributed by atoms with van der Waals surface area (Å²) in [6, 6.07) is 9.13. The number of halogens is 2. The maximum atomic E-state index is 14.5. The lowest BCUT2D eigenvalue weighted by molar-refractivity contribution is -0.198. The summed E-state index contributed by atoms with van der Waals surface area (Å²) in [5.74, 6) is -5.00. The van der Waals surface area contributed by atoms with Gasteiger partial charge in [0.25, 0.3) is 10.1 Å². The van der Waals surface area contributed by atoms with Gasteiger partial charge in [0.15, 0.2) is 6.10 Å². The molecule has 0 amide bonds. The molecule has 0 spiro atoms. The Bertz CT molecular complexity index is 1090. The predicted molar refractivity (Wildman–Crippen MR) is 110 cm³/mol. The summed E-state index contributed by atoms with van der Waals surface area (Å²) in [6.07, 6.45) is -6.55. The molecule has 1 unspecified atom stereocenters. The Morgan fingerprint density at radius 2 is 1.62 bits per heavy atom. The van der Waals surface area contributed by atoms with Crippen molar-refractivity contribution in [1.82, 2.24) is 0 Å². The quantitative estimate of drug-likeness (QED) is 0.511. The summed E-state index contributed by atoms with van der Waals surface area (Å²) in [4.78, 5) is 12.5. The first-order valence-electron chi connectivity index (χ1n) is 9.79. The van der Waals surface area contributed by atoms with Crippen molar-refractivity contribution in [3.05, 3.63) is 64.2 Å². The second-order valence-electron chi connectivity index (χ2n) is 7.85. The van der Waals surface area contributed by atoms with Crippen LogP contribution in [0.5, 0.6) is 0 Å². The molecule has 0 radical (unpaired) electrons. The monoisotopic (exact) mass is 470 g/mol. The number of ether oxygens (including phenoxy) is 2. The molecular weight excluding hydrogens is 446 g/mol. The van der Waals surface area contributed by atoms with E-state index in [0.29, 0.717) is 11.1 Å². The number of carbonyl (C=O) groups excluding carboxylic acids is 1. The molecule has 1 N–H and O–H groups in total. The second kappa shape index (κ2) is 8.86. The van der Waals surface area contributed by atoms with E-state index in [1.807, 2.05) is 6.92 Å². The molecule has 1 fully saturated rings. The first kappa shape index (κ1) is 24.2. The molecule has 1 aliphatic heterocycles. The zero-order chi connectivity index (χ0) is 23.8. The largest absolute Gasteiger partial charge is 0.449 e. The third-order valence-corrected chi connectivity index (χ3v) is 6.46. The minimum Gasteiger partial charge on any atom is -0.449 e. The van der Waals surface area contributed by atoms with Crippen LogP contribution in [0.25, 0.3) is 0 Å². The number of aliphatic hydroxyl groups is 1. The summed E-state index contributed by atoms with van der Waals surface area (Å²) in [5, 5.41) is 9.64. The summed E-state index contributed by atoms with van der Waals surface area (Å²) < 4.78 is 68.5. The predicted octanol–water partition coefficient (Wildman–Crippen LogP) is 3.20. The molecule has 7 nitrogen and oxygen atoms in total. The minimum absolute atomic E-state index is 0.111. The molecule has 10 heteroatoms. The van der Waals surface area contributed by atoms with E-state index in [1.165, 1.54) is 12.1 Å². The zero-order valence-corrected chi connectivity index (χ0v) is 18.8. The summed E-state index contributed by atoms with van der Waals surface area (Å²) in [6.45, 7) is 6.00. The molecule has 0 saturated carbocycles. The molecule has 174 valence electrons. The van der Waals surface area contributed by atoms with E-state index in [1.54, 1.807) is 45.0 Å². The van der Waals surface area contributed by atoms with Crippen LogP contribution in [0.4, 0.5) is 8.78 Å². The molecule has 1 heterocycles. The van der Waals surface area contributed by atoms with Gasteiger partial charge in [0, 0.05) is 0 Å². The van der Waals surface area contributed by atoms with E-state index in [2.05, 4.69) is 0 Å². The van der Waals surface area contributed by atoms with Gasteiger partial charge < -0.3 is 14.6 Å². The normalized spacial score (nSPS) is 22.7. The van der Waals surface area contributed by atoms with Crippen molar-refractivity contribution in [1.29, 1.82) is 0 Å². The molecule has 0 bridgehead atoms. The fraction of sp³-hybridized carbons (Fsp3) is 0.409. The summed E-state index contributed by atoms with van der Waals surface area (Å²) in [5.41, 5.74) is 2.88. The lowest BCUT2D eigenvalue weighted by Crippen LogP contribution is -2.44. The maximum Gasteiger partial charge on any atom is 0.339 e. The van der Waals surface area contributed by atoms with Gasteiger partial charge in [-0.25, -0.2) is 4.79 Å². The average Bonchev–Trinajstić information content (AvgIpc) is 2.89. The van der Waals surface area contributed by atoms with Gasteiger partial charge in [-0.2, -0.15) is 17.2 Å². The van der Waals surface area contributed by atoms with E-state index < -0.39 is 47.1 Å². The Kier molecular flexibility index (Phi) is 6.71. The maximum absolute atomic E-state index is 14.5. The SMILES string of the molecule is Cc1ccc(S(=O)(=O)OC[C@H]2OC(O)C(F)(F)[C@@H]2OC(=O)c2c(C)cc(C)cc2C)cc1. The molecule has 3 atom stereocenters. The number of carbonyl (C=O) groups is 1. The Morgan fingerprint density at radius 1 is 1.06 bits per heavy atom. The van der Waals surface area contributed by atoms with Crippen LogP contribution in [0.1, 0.15) is 32.6 Å². The number of rotatable bonds is 6. The number of hydrogen-bond acceptors (Lipinski definition) is 7. The number of alkyl halides is 2. The summed E-state index contributed by atoms with van der Waals surface area (Å²) >= 11 is 0. The molecule has 2 aromatic rings. The standard InChI is InChI=1S/C22H24F2O7S/c1-12-5-7-16(8-6-12)32(27,28)29-11-17-19(22(23,24)21(26)30-17)31-20(25)18-14(3)9-13(2)10-15(18)4/h5-10,17,19,21,26H,11H2,1-4H3/t17-,19-,21?/m1/s1. The van der Waals surface area contributed by atoms with Crippen molar-refractivity contribution in [2.75, 3.05) is 6.61 Å². The number of hydrogen-bond donors (Lipinski definition) is 1. The Hall–Kier alpha value is -2.40. The topological polar surface area (TPSA) is 99.1 Å². The number of aryl methyl sites for hydroxylation is 4. The fourth-order valence-electron chi connectivity index (χ4n) is 3.60. The number of benzene rings is 2. The van der Waals surface area contributed by atoms with E-state index in [0.717, 1.165) is 11.1 Å². The van der Waals surface area contributed by atoms with Crippen molar-refractivity contribution >= 4 is 16.1 Å². The minimum atomic E-state index is -4.29. The third-order valence-electron chi connectivity index (χ3n) is 5.16. The smallest absolute Gasteiger partial charge is 0.339 e. The van der Waals surface area contributed by atoms with Crippen molar-refractivity contribution in [3.8, 4) is 0 Å². The second-order valence-corrected chi connectivity index (χ2v) is 9.47. The highest BCUT2D eigenvalue weighted by Gasteiger charge is 2.61. The van der Waals surface area contributed by atoms with Crippen LogP contribution in [0.2, 0.25) is 0 Å². The highest BCUT2D eigenvalue weighted by molar-refractivity contribution is 7.86. The van der Waals surface area contributed by atoms with E-state index in [4.69, 9.17) is 13.7 Å². The number of esters is 1. The molecule has 2 aromatic carbocycles. The van der Waals surface area contributed by atoms with Gasteiger partial charge in [0.1, 0.15) is 6.10 Å². The van der Waals surface area contributed by atoms with Crippen molar-refractivity contribution in [2.45, 2.75) is 57.0 Å². The van der Waals surface area contributed by atoms with Crippen LogP contribution in [-0.4, -0.2) is 50.5 Å². The highest BCUT2D eigenvalue weighted by Crippen LogP contribution is 2.38. The third kappa shape index (κ3) is 4.83. The van der Waals surface area contributed by atoms with Gasteiger partial charge in [-0.3, -0.25) is 4.18 Å². The number of aliphatic hydroxyl groups excluding tert-OH is 1. The van der Waals surface area contributed by atoms with Crippen LogP contribution < -0.4 is 0 Å². The average molecular weight is 470 g/mol. The lowest BCUT2D eigenvalue weighted by Gasteiger charge is -2.23.